The van der Waals surface area contributed by atoms with Crippen molar-refractivity contribution < 1.29 is 13.2 Å². The van der Waals surface area contributed by atoms with Gasteiger partial charge in [0.15, 0.2) is 0 Å². The number of aromatic nitrogens is 3. The van der Waals surface area contributed by atoms with Gasteiger partial charge in [0, 0.05) is 41.8 Å². The van der Waals surface area contributed by atoms with Crippen LogP contribution in [0.2, 0.25) is 5.02 Å². The van der Waals surface area contributed by atoms with Crippen LogP contribution in [0.1, 0.15) is 24.6 Å². The summed E-state index contributed by atoms with van der Waals surface area (Å²) in [5.74, 6) is -0.0148. The van der Waals surface area contributed by atoms with E-state index in [0.717, 1.165) is 16.7 Å². The normalized spacial score (nSPS) is 12.1. The third-order valence-corrected chi connectivity index (χ3v) is 5.59. The lowest BCUT2D eigenvalue weighted by Gasteiger charge is -2.08. The van der Waals surface area contributed by atoms with E-state index in [1.165, 1.54) is 6.08 Å². The highest BCUT2D eigenvalue weighted by Gasteiger charge is 2.16. The van der Waals surface area contributed by atoms with Gasteiger partial charge in [-0.15, -0.1) is 0 Å². The van der Waals surface area contributed by atoms with Crippen molar-refractivity contribution >= 4 is 44.7 Å². The van der Waals surface area contributed by atoms with Gasteiger partial charge in [-0.3, -0.25) is 9.48 Å². The fraction of sp³-hybridized carbons (Fsp3) is 0.263. The molecule has 0 aliphatic rings. The molecule has 0 radical (unpaired) electrons. The van der Waals surface area contributed by atoms with Gasteiger partial charge in [-0.1, -0.05) is 24.6 Å². The maximum Gasteiger partial charge on any atom is 0.301 e. The maximum absolute atomic E-state index is 12.1. The maximum atomic E-state index is 12.1. The van der Waals surface area contributed by atoms with E-state index in [0.29, 0.717) is 22.7 Å². The molecule has 1 aromatic carbocycles. The fourth-order valence-electron chi connectivity index (χ4n) is 3.03. The van der Waals surface area contributed by atoms with E-state index in [4.69, 9.17) is 11.6 Å². The summed E-state index contributed by atoms with van der Waals surface area (Å²) in [6, 6.07) is 7.56. The number of rotatable bonds is 7. The molecule has 0 saturated carbocycles. The Kier molecular flexibility index (Phi) is 6.11. The second-order valence-corrected chi connectivity index (χ2v) is 8.47. The number of hydrogen-bond donors (Lipinski definition) is 2. The molecule has 0 unspecified atom stereocenters. The van der Waals surface area contributed by atoms with Crippen LogP contribution in [-0.4, -0.2) is 35.2 Å². The number of fused-ring (bicyclic) bond motifs is 1. The Hall–Kier alpha value is -2.62. The molecular formula is C19H22ClN5O3S. The van der Waals surface area contributed by atoms with Crippen molar-refractivity contribution in [2.45, 2.75) is 20.3 Å². The lowest BCUT2D eigenvalue weighted by atomic mass is 10.2. The number of nitrogens with one attached hydrogen (secondary N) is 2. The Morgan fingerprint density at radius 2 is 2.07 bits per heavy atom. The van der Waals surface area contributed by atoms with Crippen molar-refractivity contribution in [3.63, 3.8) is 0 Å². The molecule has 0 bridgehead atoms. The summed E-state index contributed by atoms with van der Waals surface area (Å²) in [6.07, 6.45) is 5.25. The lowest BCUT2D eigenvalue weighted by molar-refractivity contribution is -0.114. The molecule has 2 aromatic heterocycles. The van der Waals surface area contributed by atoms with Crippen LogP contribution in [0.15, 0.2) is 36.5 Å². The third kappa shape index (κ3) is 4.69. The van der Waals surface area contributed by atoms with Crippen LogP contribution in [0.3, 0.4) is 0 Å². The molecule has 0 aliphatic carbocycles. The van der Waals surface area contributed by atoms with Gasteiger partial charge in [-0.2, -0.15) is 18.2 Å². The largest absolute Gasteiger partial charge is 0.301 e. The van der Waals surface area contributed by atoms with E-state index in [2.05, 4.69) is 9.82 Å². The van der Waals surface area contributed by atoms with Gasteiger partial charge in [0.1, 0.15) is 5.82 Å². The standard InChI is InChI=1S/C19H22ClN5O3S/c1-4-10-21-29(27,28)23-18(26)8-7-16-13(2)22-24(3)19(16)25-11-9-14-5-6-15(20)12-17(14)25/h5-9,11-12,21H,4,10H2,1-3H3,(H,23,26). The predicted molar refractivity (Wildman–Crippen MR) is 114 cm³/mol. The molecule has 0 aliphatic heterocycles. The van der Waals surface area contributed by atoms with Crippen molar-refractivity contribution in [1.29, 1.82) is 0 Å². The number of carbonyl (C=O) groups excluding carboxylic acids is 1. The Bertz CT molecular complexity index is 1190. The highest BCUT2D eigenvalue weighted by molar-refractivity contribution is 7.88. The van der Waals surface area contributed by atoms with E-state index in [1.54, 1.807) is 17.8 Å². The number of benzene rings is 1. The molecule has 10 heteroatoms. The first-order valence-electron chi connectivity index (χ1n) is 9.02. The molecule has 2 heterocycles. The number of carbonyl (C=O) groups is 1. The summed E-state index contributed by atoms with van der Waals surface area (Å²) in [4.78, 5) is 12.1. The van der Waals surface area contributed by atoms with E-state index >= 15 is 0 Å². The van der Waals surface area contributed by atoms with E-state index < -0.39 is 16.1 Å². The summed E-state index contributed by atoms with van der Waals surface area (Å²) in [5.41, 5.74) is 2.28. The van der Waals surface area contributed by atoms with Gasteiger partial charge in [-0.05, 0) is 37.6 Å². The minimum absolute atomic E-state index is 0.251. The fourth-order valence-corrected chi connectivity index (χ4v) is 4.07. The molecule has 3 rings (SSSR count). The average molecular weight is 436 g/mol. The number of aryl methyl sites for hydroxylation is 2. The van der Waals surface area contributed by atoms with Crippen molar-refractivity contribution in [3.8, 4) is 5.82 Å². The number of amides is 1. The molecule has 154 valence electrons. The van der Waals surface area contributed by atoms with Gasteiger partial charge in [0.2, 0.25) is 0 Å². The van der Waals surface area contributed by atoms with E-state index in [1.807, 2.05) is 53.6 Å². The molecule has 1 amide bonds. The van der Waals surface area contributed by atoms with Crippen LogP contribution < -0.4 is 9.44 Å². The Morgan fingerprint density at radius 1 is 1.31 bits per heavy atom. The van der Waals surface area contributed by atoms with Crippen LogP contribution >= 0.6 is 11.6 Å². The first-order valence-corrected chi connectivity index (χ1v) is 10.9. The monoisotopic (exact) mass is 435 g/mol. The highest BCUT2D eigenvalue weighted by atomic mass is 35.5. The number of halogens is 1. The first-order chi connectivity index (χ1) is 13.7. The van der Waals surface area contributed by atoms with Crippen LogP contribution in [0, 0.1) is 6.92 Å². The highest BCUT2D eigenvalue weighted by Crippen LogP contribution is 2.27. The van der Waals surface area contributed by atoms with Gasteiger partial charge in [0.25, 0.3) is 5.91 Å². The quantitative estimate of drug-likeness (QED) is 0.557. The van der Waals surface area contributed by atoms with Crippen LogP contribution in [0.4, 0.5) is 0 Å². The van der Waals surface area contributed by atoms with Gasteiger partial charge in [-0.25, -0.2) is 4.72 Å². The number of nitrogens with zero attached hydrogens (tertiary/aromatic N) is 3. The van der Waals surface area contributed by atoms with Crippen molar-refractivity contribution in [3.05, 3.63) is 52.8 Å². The Balaban J connectivity index is 1.94. The van der Waals surface area contributed by atoms with Gasteiger partial charge >= 0.3 is 10.2 Å². The zero-order valence-corrected chi connectivity index (χ0v) is 17.9. The SMILES string of the molecule is CCCNS(=O)(=O)NC(=O)C=Cc1c(C)nn(C)c1-n1ccc2ccc(Cl)cc21. The second-order valence-electron chi connectivity index (χ2n) is 6.53. The van der Waals surface area contributed by atoms with Crippen molar-refractivity contribution in [2.75, 3.05) is 6.54 Å². The van der Waals surface area contributed by atoms with Gasteiger partial charge < -0.3 is 4.57 Å². The molecule has 0 spiro atoms. The summed E-state index contributed by atoms with van der Waals surface area (Å²) < 4.78 is 31.5. The topological polar surface area (TPSA) is 98.0 Å². The zero-order valence-electron chi connectivity index (χ0n) is 16.3. The molecule has 2 N–H and O–H groups in total. The summed E-state index contributed by atoms with van der Waals surface area (Å²) in [5, 5.41) is 6.06. The third-order valence-electron chi connectivity index (χ3n) is 4.30. The zero-order chi connectivity index (χ0) is 21.2. The summed E-state index contributed by atoms with van der Waals surface area (Å²) in [7, 11) is -2.08. The van der Waals surface area contributed by atoms with Gasteiger partial charge in [0.05, 0.1) is 11.2 Å². The molecule has 0 fully saturated rings. The second kappa shape index (κ2) is 8.40. The Morgan fingerprint density at radius 3 is 2.79 bits per heavy atom. The minimum atomic E-state index is -3.88. The average Bonchev–Trinajstić information content (AvgIpc) is 3.17. The molecular weight excluding hydrogens is 414 g/mol. The van der Waals surface area contributed by atoms with Crippen LogP contribution in [0.25, 0.3) is 22.8 Å². The minimum Gasteiger partial charge on any atom is -0.301 e. The Labute approximate surface area is 174 Å². The van der Waals surface area contributed by atoms with Crippen LogP contribution in [0.5, 0.6) is 0 Å². The van der Waals surface area contributed by atoms with Crippen molar-refractivity contribution in [2.24, 2.45) is 7.05 Å². The lowest BCUT2D eigenvalue weighted by Crippen LogP contribution is -2.39. The summed E-state index contributed by atoms with van der Waals surface area (Å²) >= 11 is 6.15. The smallest absolute Gasteiger partial charge is 0.301 e. The molecule has 0 saturated heterocycles. The van der Waals surface area contributed by atoms with E-state index in [9.17, 15) is 13.2 Å². The molecule has 3 aromatic rings. The molecule has 0 atom stereocenters. The molecule has 29 heavy (non-hydrogen) atoms. The predicted octanol–water partition coefficient (Wildman–Crippen LogP) is 2.70. The molecule has 8 nitrogen and oxygen atoms in total. The van der Waals surface area contributed by atoms with Crippen LogP contribution in [-0.2, 0) is 22.1 Å². The number of hydrogen-bond acceptors (Lipinski definition) is 4. The first kappa shape index (κ1) is 21.1. The van der Waals surface area contributed by atoms with Crippen molar-refractivity contribution in [1.82, 2.24) is 23.8 Å². The van der Waals surface area contributed by atoms with E-state index in [-0.39, 0.29) is 6.54 Å². The summed E-state index contributed by atoms with van der Waals surface area (Å²) in [6.45, 7) is 3.90.